The predicted molar refractivity (Wildman–Crippen MR) is 55.2 cm³/mol. The second-order valence-electron chi connectivity index (χ2n) is 5.16. The molecule has 13 heavy (non-hydrogen) atoms. The SMILES string of the molecule is CC(C)(C)/C(F)=C/C1CCCCC1. The highest BCUT2D eigenvalue weighted by Crippen LogP contribution is 2.31. The smallest absolute Gasteiger partial charge is 0.102 e. The average molecular weight is 184 g/mol. The van der Waals surface area contributed by atoms with Crippen LogP contribution in [-0.2, 0) is 0 Å². The van der Waals surface area contributed by atoms with E-state index in [1.54, 1.807) is 0 Å². The van der Waals surface area contributed by atoms with Crippen LogP contribution < -0.4 is 0 Å². The first kappa shape index (κ1) is 10.7. The molecule has 0 aliphatic heterocycles. The summed E-state index contributed by atoms with van der Waals surface area (Å²) in [6, 6.07) is 0. The van der Waals surface area contributed by atoms with Gasteiger partial charge in [0.15, 0.2) is 0 Å². The number of hydrogen-bond donors (Lipinski definition) is 0. The molecule has 0 radical (unpaired) electrons. The van der Waals surface area contributed by atoms with E-state index in [0.717, 1.165) is 0 Å². The van der Waals surface area contributed by atoms with Crippen molar-refractivity contribution in [3.05, 3.63) is 11.9 Å². The maximum Gasteiger partial charge on any atom is 0.102 e. The van der Waals surface area contributed by atoms with Crippen molar-refractivity contribution >= 4 is 0 Å². The van der Waals surface area contributed by atoms with Crippen LogP contribution in [0, 0.1) is 11.3 Å². The molecule has 0 atom stereocenters. The van der Waals surface area contributed by atoms with Gasteiger partial charge in [-0.3, -0.25) is 0 Å². The molecule has 0 aromatic rings. The molecule has 1 heteroatoms. The van der Waals surface area contributed by atoms with Gasteiger partial charge in [-0.05, 0) is 24.8 Å². The summed E-state index contributed by atoms with van der Waals surface area (Å²) in [6.45, 7) is 5.80. The fraction of sp³-hybridized carbons (Fsp3) is 0.833. The predicted octanol–water partition coefficient (Wildman–Crippen LogP) is 4.47. The second kappa shape index (κ2) is 4.26. The Labute approximate surface area is 81.2 Å². The minimum Gasteiger partial charge on any atom is -0.212 e. The van der Waals surface area contributed by atoms with Gasteiger partial charge >= 0.3 is 0 Å². The van der Waals surface area contributed by atoms with Gasteiger partial charge in [0.25, 0.3) is 0 Å². The maximum absolute atomic E-state index is 13.6. The topological polar surface area (TPSA) is 0 Å². The van der Waals surface area contributed by atoms with Crippen LogP contribution in [0.5, 0.6) is 0 Å². The highest BCUT2D eigenvalue weighted by atomic mass is 19.1. The van der Waals surface area contributed by atoms with Gasteiger partial charge in [-0.15, -0.1) is 0 Å². The molecular formula is C12H21F. The lowest BCUT2D eigenvalue weighted by molar-refractivity contribution is 0.357. The normalized spacial score (nSPS) is 22.0. The molecule has 1 rings (SSSR count). The summed E-state index contributed by atoms with van der Waals surface area (Å²) < 4.78 is 13.6. The van der Waals surface area contributed by atoms with Gasteiger partial charge in [0.1, 0.15) is 5.83 Å². The van der Waals surface area contributed by atoms with Crippen LogP contribution in [0.3, 0.4) is 0 Å². The fourth-order valence-corrected chi connectivity index (χ4v) is 1.76. The van der Waals surface area contributed by atoms with Gasteiger partial charge in [0.05, 0.1) is 0 Å². The Hall–Kier alpha value is -0.330. The standard InChI is InChI=1S/C12H21F/c1-12(2,3)11(13)9-10-7-5-4-6-8-10/h9-10H,4-8H2,1-3H3/b11-9-. The van der Waals surface area contributed by atoms with Gasteiger partial charge in [-0.1, -0.05) is 40.0 Å². The molecule has 0 aromatic heterocycles. The van der Waals surface area contributed by atoms with Crippen LogP contribution in [0.2, 0.25) is 0 Å². The second-order valence-corrected chi connectivity index (χ2v) is 5.16. The molecule has 0 unspecified atom stereocenters. The first-order valence-corrected chi connectivity index (χ1v) is 5.38. The van der Waals surface area contributed by atoms with Crippen molar-refractivity contribution in [1.29, 1.82) is 0 Å². The van der Waals surface area contributed by atoms with Crippen LogP contribution >= 0.6 is 0 Å². The summed E-state index contributed by atoms with van der Waals surface area (Å²) in [7, 11) is 0. The van der Waals surface area contributed by atoms with Crippen molar-refractivity contribution in [3.8, 4) is 0 Å². The highest BCUT2D eigenvalue weighted by Gasteiger charge is 2.19. The average Bonchev–Trinajstić information content (AvgIpc) is 2.04. The zero-order valence-corrected chi connectivity index (χ0v) is 9.07. The molecular weight excluding hydrogens is 163 g/mol. The monoisotopic (exact) mass is 184 g/mol. The summed E-state index contributed by atoms with van der Waals surface area (Å²) >= 11 is 0. The summed E-state index contributed by atoms with van der Waals surface area (Å²) in [5.74, 6) is 0.576. The Morgan fingerprint density at radius 3 is 2.15 bits per heavy atom. The summed E-state index contributed by atoms with van der Waals surface area (Å²) in [4.78, 5) is 0. The lowest BCUT2D eigenvalue weighted by atomic mass is 9.85. The minimum atomic E-state index is -0.294. The molecule has 0 heterocycles. The Balaban J connectivity index is 2.53. The van der Waals surface area contributed by atoms with E-state index in [2.05, 4.69) is 0 Å². The minimum absolute atomic E-state index is 0.0689. The quantitative estimate of drug-likeness (QED) is 0.564. The molecule has 1 aliphatic rings. The Bertz CT molecular complexity index is 180. The molecule has 0 N–H and O–H groups in total. The van der Waals surface area contributed by atoms with Crippen molar-refractivity contribution in [2.45, 2.75) is 52.9 Å². The van der Waals surface area contributed by atoms with E-state index in [4.69, 9.17) is 0 Å². The highest BCUT2D eigenvalue weighted by molar-refractivity contribution is 5.04. The number of rotatable bonds is 1. The zero-order chi connectivity index (χ0) is 9.90. The van der Waals surface area contributed by atoms with Gasteiger partial charge in [-0.2, -0.15) is 0 Å². The van der Waals surface area contributed by atoms with E-state index in [1.165, 1.54) is 32.1 Å². The number of hydrogen-bond acceptors (Lipinski definition) is 0. The van der Waals surface area contributed by atoms with Gasteiger partial charge in [0, 0.05) is 5.41 Å². The van der Waals surface area contributed by atoms with Crippen molar-refractivity contribution in [1.82, 2.24) is 0 Å². The molecule has 0 nitrogen and oxygen atoms in total. The third kappa shape index (κ3) is 3.50. The third-order valence-corrected chi connectivity index (χ3v) is 2.75. The molecule has 76 valence electrons. The maximum atomic E-state index is 13.6. The number of allylic oxidation sites excluding steroid dienone is 2. The van der Waals surface area contributed by atoms with E-state index in [0.29, 0.717) is 5.92 Å². The van der Waals surface area contributed by atoms with Crippen molar-refractivity contribution < 1.29 is 4.39 Å². The Morgan fingerprint density at radius 2 is 1.69 bits per heavy atom. The van der Waals surface area contributed by atoms with E-state index >= 15 is 0 Å². The third-order valence-electron chi connectivity index (χ3n) is 2.75. The van der Waals surface area contributed by atoms with Crippen LogP contribution in [0.4, 0.5) is 4.39 Å². The largest absolute Gasteiger partial charge is 0.212 e. The molecule has 0 amide bonds. The van der Waals surface area contributed by atoms with Crippen LogP contribution in [-0.4, -0.2) is 0 Å². The fourth-order valence-electron chi connectivity index (χ4n) is 1.76. The molecule has 0 bridgehead atoms. The molecule has 1 aliphatic carbocycles. The lowest BCUT2D eigenvalue weighted by Crippen LogP contribution is -2.09. The molecule has 0 aromatic carbocycles. The van der Waals surface area contributed by atoms with Crippen molar-refractivity contribution in [3.63, 3.8) is 0 Å². The van der Waals surface area contributed by atoms with E-state index in [-0.39, 0.29) is 11.2 Å². The van der Waals surface area contributed by atoms with Crippen molar-refractivity contribution in [2.24, 2.45) is 11.3 Å². The van der Waals surface area contributed by atoms with Gasteiger partial charge < -0.3 is 0 Å². The molecule has 1 saturated carbocycles. The van der Waals surface area contributed by atoms with Gasteiger partial charge in [-0.25, -0.2) is 4.39 Å². The van der Waals surface area contributed by atoms with E-state index < -0.39 is 0 Å². The summed E-state index contributed by atoms with van der Waals surface area (Å²) in [5, 5.41) is 0. The van der Waals surface area contributed by atoms with Crippen LogP contribution in [0.1, 0.15) is 52.9 Å². The first-order chi connectivity index (χ1) is 6.00. The van der Waals surface area contributed by atoms with Crippen LogP contribution in [0.25, 0.3) is 0 Å². The zero-order valence-electron chi connectivity index (χ0n) is 9.07. The molecule has 0 saturated heterocycles. The lowest BCUT2D eigenvalue weighted by Gasteiger charge is -2.21. The molecule has 1 fully saturated rings. The summed E-state index contributed by atoms with van der Waals surface area (Å²) in [6.07, 6.45) is 8.12. The van der Waals surface area contributed by atoms with E-state index in [9.17, 15) is 4.39 Å². The van der Waals surface area contributed by atoms with E-state index in [1.807, 2.05) is 26.8 Å². The Morgan fingerprint density at radius 1 is 1.15 bits per heavy atom. The molecule has 0 spiro atoms. The summed E-state index contributed by atoms with van der Waals surface area (Å²) in [5.41, 5.74) is -0.294. The van der Waals surface area contributed by atoms with Gasteiger partial charge in [0.2, 0.25) is 0 Å². The van der Waals surface area contributed by atoms with Crippen molar-refractivity contribution in [2.75, 3.05) is 0 Å². The Kier molecular flexibility index (Phi) is 3.52. The first-order valence-electron chi connectivity index (χ1n) is 5.38. The number of halogens is 1. The van der Waals surface area contributed by atoms with Crippen LogP contribution in [0.15, 0.2) is 11.9 Å².